The van der Waals surface area contributed by atoms with Gasteiger partial charge in [-0.2, -0.15) is 0 Å². The molecule has 1 fully saturated rings. The predicted molar refractivity (Wildman–Crippen MR) is 71.6 cm³/mol. The maximum absolute atomic E-state index is 12.2. The van der Waals surface area contributed by atoms with E-state index in [0.717, 1.165) is 5.56 Å². The molecule has 0 saturated carbocycles. The van der Waals surface area contributed by atoms with Gasteiger partial charge < -0.3 is 24.4 Å². The molecular formula is C14H19NO6. The Balaban J connectivity index is 1.99. The van der Waals surface area contributed by atoms with Crippen LogP contribution in [0, 0.1) is 0 Å². The van der Waals surface area contributed by atoms with E-state index in [1.807, 2.05) is 30.3 Å². The summed E-state index contributed by atoms with van der Waals surface area (Å²) in [7, 11) is 0. The number of nitrogens with zero attached hydrogens (tertiary/aromatic N) is 1. The third-order valence-corrected chi connectivity index (χ3v) is 3.29. The van der Waals surface area contributed by atoms with E-state index in [2.05, 4.69) is 0 Å². The molecule has 1 amide bonds. The first-order chi connectivity index (χ1) is 10.2. The van der Waals surface area contributed by atoms with E-state index in [1.54, 1.807) is 0 Å². The summed E-state index contributed by atoms with van der Waals surface area (Å²) in [5, 5.41) is 17.9. The average Bonchev–Trinajstić information content (AvgIpc) is 2.90. The van der Waals surface area contributed by atoms with Gasteiger partial charge in [0.05, 0.1) is 0 Å². The average molecular weight is 297 g/mol. The monoisotopic (exact) mass is 297 g/mol. The molecule has 0 aromatic heterocycles. The van der Waals surface area contributed by atoms with E-state index in [9.17, 15) is 4.79 Å². The molecule has 0 spiro atoms. The van der Waals surface area contributed by atoms with E-state index < -0.39 is 25.6 Å². The van der Waals surface area contributed by atoms with Crippen LogP contribution < -0.4 is 0 Å². The molecule has 1 saturated heterocycles. The number of likely N-dealkylation sites (tertiary alicyclic amines) is 1. The number of rotatable bonds is 6. The summed E-state index contributed by atoms with van der Waals surface area (Å²) in [4.78, 5) is 13.4. The van der Waals surface area contributed by atoms with Crippen molar-refractivity contribution < 1.29 is 29.2 Å². The Morgan fingerprint density at radius 1 is 1.19 bits per heavy atom. The van der Waals surface area contributed by atoms with Gasteiger partial charge in [0.25, 0.3) is 5.91 Å². The molecule has 0 bridgehead atoms. The summed E-state index contributed by atoms with van der Waals surface area (Å²) in [6.07, 6.45) is 0.368. The van der Waals surface area contributed by atoms with Gasteiger partial charge in [0.15, 0.2) is 0 Å². The van der Waals surface area contributed by atoms with E-state index in [0.29, 0.717) is 19.4 Å². The molecule has 7 heteroatoms. The maximum atomic E-state index is 12.2. The molecule has 1 aliphatic rings. The van der Waals surface area contributed by atoms with Crippen LogP contribution in [-0.2, 0) is 20.8 Å². The minimum atomic E-state index is -1.46. The van der Waals surface area contributed by atoms with Crippen LogP contribution in [0.1, 0.15) is 18.4 Å². The zero-order chi connectivity index (χ0) is 15.1. The maximum Gasteiger partial charge on any atom is 0.414 e. The number of hydrogen-bond donors (Lipinski definition) is 2. The van der Waals surface area contributed by atoms with Crippen molar-refractivity contribution in [1.29, 1.82) is 0 Å². The molecule has 1 aromatic rings. The van der Waals surface area contributed by atoms with Crippen molar-refractivity contribution >= 4 is 6.09 Å². The van der Waals surface area contributed by atoms with Crippen LogP contribution >= 0.6 is 0 Å². The van der Waals surface area contributed by atoms with Crippen LogP contribution in [-0.4, -0.2) is 47.2 Å². The Morgan fingerprint density at radius 2 is 1.86 bits per heavy atom. The zero-order valence-corrected chi connectivity index (χ0v) is 11.6. The number of carbonyl (C=O) groups is 1. The molecule has 1 aliphatic heterocycles. The third-order valence-electron chi connectivity index (χ3n) is 3.29. The van der Waals surface area contributed by atoms with Crippen molar-refractivity contribution in [3.05, 3.63) is 35.9 Å². The van der Waals surface area contributed by atoms with Gasteiger partial charge in [0.1, 0.15) is 20.2 Å². The van der Waals surface area contributed by atoms with Crippen LogP contribution in [0.4, 0.5) is 4.79 Å². The second-order valence-electron chi connectivity index (χ2n) is 4.55. The Kier molecular flexibility index (Phi) is 5.51. The fourth-order valence-electron chi connectivity index (χ4n) is 2.34. The Labute approximate surface area is 122 Å². The number of aliphatic hydroxyl groups is 2. The Bertz CT molecular complexity index is 446. The number of benzene rings is 1. The van der Waals surface area contributed by atoms with Crippen LogP contribution in [0.3, 0.4) is 0 Å². The summed E-state index contributed by atoms with van der Waals surface area (Å²) in [6, 6.07) is 9.28. The lowest BCUT2D eigenvalue weighted by Crippen LogP contribution is -2.52. The first kappa shape index (κ1) is 15.7. The molecular weight excluding hydrogens is 278 g/mol. The number of carbonyl (C=O) groups excluding carboxylic acids is 1. The Hall–Kier alpha value is -1.67. The quantitative estimate of drug-likeness (QED) is 0.762. The van der Waals surface area contributed by atoms with Crippen molar-refractivity contribution in [1.82, 2.24) is 4.90 Å². The van der Waals surface area contributed by atoms with Gasteiger partial charge in [-0.05, 0) is 12.0 Å². The highest BCUT2D eigenvalue weighted by Gasteiger charge is 2.47. The number of amides is 1. The lowest BCUT2D eigenvalue weighted by molar-refractivity contribution is -0.331. The van der Waals surface area contributed by atoms with Crippen LogP contribution in [0.5, 0.6) is 0 Å². The van der Waals surface area contributed by atoms with E-state index in [4.69, 9.17) is 24.4 Å². The minimum absolute atomic E-state index is 0.129. The third kappa shape index (κ3) is 3.70. The molecule has 116 valence electrons. The van der Waals surface area contributed by atoms with Gasteiger partial charge in [-0.3, -0.25) is 4.90 Å². The molecule has 1 aromatic carbocycles. The molecule has 1 heterocycles. The summed E-state index contributed by atoms with van der Waals surface area (Å²) in [5.41, 5.74) is 0.863. The predicted octanol–water partition coefficient (Wildman–Crippen LogP) is 1.01. The van der Waals surface area contributed by atoms with Crippen molar-refractivity contribution in [3.63, 3.8) is 0 Å². The molecule has 21 heavy (non-hydrogen) atoms. The number of hydrogen-bond acceptors (Lipinski definition) is 6. The molecule has 0 unspecified atom stereocenters. The van der Waals surface area contributed by atoms with Crippen molar-refractivity contribution in [2.75, 3.05) is 20.1 Å². The zero-order valence-electron chi connectivity index (χ0n) is 11.6. The highest BCUT2D eigenvalue weighted by Crippen LogP contribution is 2.32. The number of aliphatic hydroxyl groups excluding tert-OH is 2. The van der Waals surface area contributed by atoms with Gasteiger partial charge in [-0.15, -0.1) is 0 Å². The van der Waals surface area contributed by atoms with Gasteiger partial charge >= 0.3 is 6.09 Å². The van der Waals surface area contributed by atoms with E-state index in [1.165, 1.54) is 4.90 Å². The first-order valence-electron chi connectivity index (χ1n) is 6.70. The molecule has 0 atom stereocenters. The molecule has 2 rings (SSSR count). The second-order valence-corrected chi connectivity index (χ2v) is 4.55. The van der Waals surface area contributed by atoms with Gasteiger partial charge in [0.2, 0.25) is 0 Å². The Morgan fingerprint density at radius 3 is 2.48 bits per heavy atom. The summed E-state index contributed by atoms with van der Waals surface area (Å²) >= 11 is 0. The lowest BCUT2D eigenvalue weighted by Gasteiger charge is -2.35. The summed E-state index contributed by atoms with van der Waals surface area (Å²) < 4.78 is 15.5. The smallest absolute Gasteiger partial charge is 0.414 e. The van der Waals surface area contributed by atoms with Crippen molar-refractivity contribution in [3.8, 4) is 0 Å². The fraction of sp³-hybridized carbons (Fsp3) is 0.500. The summed E-state index contributed by atoms with van der Waals surface area (Å²) in [6.45, 7) is -0.747. The normalized spacial score (nSPS) is 17.0. The molecule has 7 nitrogen and oxygen atoms in total. The van der Waals surface area contributed by atoms with Crippen LogP contribution in [0.25, 0.3) is 0 Å². The van der Waals surface area contributed by atoms with Gasteiger partial charge in [-0.1, -0.05) is 30.3 Å². The van der Waals surface area contributed by atoms with Crippen molar-refractivity contribution in [2.24, 2.45) is 0 Å². The highest BCUT2D eigenvalue weighted by atomic mass is 16.8. The topological polar surface area (TPSA) is 88.5 Å². The van der Waals surface area contributed by atoms with Crippen LogP contribution in [0.2, 0.25) is 0 Å². The largest absolute Gasteiger partial charge is 0.444 e. The second kappa shape index (κ2) is 7.37. The van der Waals surface area contributed by atoms with Gasteiger partial charge in [-0.25, -0.2) is 4.79 Å². The molecule has 0 radical (unpaired) electrons. The van der Waals surface area contributed by atoms with E-state index in [-0.39, 0.29) is 6.61 Å². The van der Waals surface area contributed by atoms with E-state index >= 15 is 0 Å². The lowest BCUT2D eigenvalue weighted by atomic mass is 10.2. The molecule has 0 aliphatic carbocycles. The fourth-order valence-corrected chi connectivity index (χ4v) is 2.34. The summed E-state index contributed by atoms with van der Waals surface area (Å²) in [5.74, 6) is -1.46. The van der Waals surface area contributed by atoms with Crippen LogP contribution in [0.15, 0.2) is 30.3 Å². The highest BCUT2D eigenvalue weighted by molar-refractivity contribution is 5.68. The number of ether oxygens (including phenoxy) is 3. The van der Waals surface area contributed by atoms with Gasteiger partial charge in [0, 0.05) is 13.0 Å². The molecule has 2 N–H and O–H groups in total. The SMILES string of the molecule is O=C(OCc1ccccc1)N1CCCC1(OCO)OCO. The van der Waals surface area contributed by atoms with Crippen molar-refractivity contribution in [2.45, 2.75) is 25.4 Å². The standard InChI is InChI=1S/C14H19NO6/c16-10-20-14(21-11-17)7-4-8-15(14)13(18)19-9-12-5-2-1-3-6-12/h1-3,5-6,16-17H,4,7-11H2. The first-order valence-corrected chi connectivity index (χ1v) is 6.70. The minimum Gasteiger partial charge on any atom is -0.444 e.